The molecule has 1 atom stereocenters. The number of aromatic nitrogens is 2. The predicted octanol–water partition coefficient (Wildman–Crippen LogP) is 5.21. The number of ether oxygens (including phenoxy) is 2. The number of rotatable bonds is 8. The van der Waals surface area contributed by atoms with Crippen LogP contribution < -0.4 is 14.8 Å². The molecule has 162 valence electrons. The van der Waals surface area contributed by atoms with Gasteiger partial charge in [-0.1, -0.05) is 23.7 Å². The van der Waals surface area contributed by atoms with Gasteiger partial charge in [-0.25, -0.2) is 4.98 Å². The van der Waals surface area contributed by atoms with Crippen molar-refractivity contribution in [2.45, 2.75) is 32.9 Å². The number of hydrogen-bond acceptors (Lipinski definition) is 4. The van der Waals surface area contributed by atoms with Crippen molar-refractivity contribution in [1.82, 2.24) is 14.9 Å². The molecule has 7 heteroatoms. The Hall–Kier alpha value is -3.25. The van der Waals surface area contributed by atoms with E-state index in [9.17, 15) is 4.79 Å². The fraction of sp³-hybridized carbons (Fsp3) is 0.250. The molecule has 6 nitrogen and oxygen atoms in total. The molecule has 0 fully saturated rings. The van der Waals surface area contributed by atoms with Gasteiger partial charge in [0.05, 0.1) is 30.6 Å². The van der Waals surface area contributed by atoms with E-state index < -0.39 is 0 Å². The number of amides is 1. The van der Waals surface area contributed by atoms with Crippen LogP contribution in [-0.2, 0) is 4.79 Å². The molecule has 0 bridgehead atoms. The summed E-state index contributed by atoms with van der Waals surface area (Å²) in [4.78, 5) is 16.5. The third-order valence-corrected chi connectivity index (χ3v) is 4.87. The van der Waals surface area contributed by atoms with Gasteiger partial charge in [0.25, 0.3) is 0 Å². The molecule has 1 N–H and O–H groups in total. The van der Waals surface area contributed by atoms with Crippen LogP contribution in [-0.4, -0.2) is 28.7 Å². The summed E-state index contributed by atoms with van der Waals surface area (Å²) in [5.74, 6) is 0.810. The molecule has 1 unspecified atom stereocenters. The summed E-state index contributed by atoms with van der Waals surface area (Å²) in [5.41, 5.74) is 2.76. The van der Waals surface area contributed by atoms with Crippen molar-refractivity contribution >= 4 is 23.6 Å². The third kappa shape index (κ3) is 5.89. The number of nitrogens with one attached hydrogen (secondary N) is 1. The number of nitrogens with zero attached hydrogens (tertiary/aromatic N) is 2. The Morgan fingerprint density at radius 1 is 1.19 bits per heavy atom. The third-order valence-electron chi connectivity index (χ3n) is 4.59. The van der Waals surface area contributed by atoms with Gasteiger partial charge in [0.15, 0.2) is 11.5 Å². The van der Waals surface area contributed by atoms with Gasteiger partial charge in [0.1, 0.15) is 0 Å². The van der Waals surface area contributed by atoms with Crippen LogP contribution in [0.4, 0.5) is 0 Å². The smallest absolute Gasteiger partial charge is 0.244 e. The lowest BCUT2D eigenvalue weighted by atomic mass is 10.1. The Morgan fingerprint density at radius 3 is 2.55 bits per heavy atom. The number of benzene rings is 2. The number of hydrogen-bond donors (Lipinski definition) is 1. The maximum atomic E-state index is 12.4. The minimum absolute atomic E-state index is 0.0333. The van der Waals surface area contributed by atoms with E-state index >= 15 is 0 Å². The molecule has 1 amide bonds. The van der Waals surface area contributed by atoms with Crippen LogP contribution in [0.5, 0.6) is 11.5 Å². The first-order valence-corrected chi connectivity index (χ1v) is 10.4. The van der Waals surface area contributed by atoms with Crippen molar-refractivity contribution in [1.29, 1.82) is 0 Å². The molecule has 0 aliphatic carbocycles. The summed E-state index contributed by atoms with van der Waals surface area (Å²) in [6.45, 7) is 5.77. The molecule has 0 aliphatic heterocycles. The number of methoxy groups -OCH3 is 1. The highest BCUT2D eigenvalue weighted by Gasteiger charge is 2.13. The molecule has 3 aromatic rings. The predicted molar refractivity (Wildman–Crippen MR) is 123 cm³/mol. The van der Waals surface area contributed by atoms with E-state index in [4.69, 9.17) is 21.1 Å². The van der Waals surface area contributed by atoms with E-state index in [1.807, 2.05) is 55.8 Å². The SMILES string of the molecule is COc1cc(/C=C/C(=O)NC(C)c2ccc(-n3ccnc3)cc2)cc(Cl)c1OC(C)C. The average Bonchev–Trinajstić information content (AvgIpc) is 3.28. The van der Waals surface area contributed by atoms with Crippen LogP contribution in [0, 0.1) is 0 Å². The lowest BCUT2D eigenvalue weighted by Gasteiger charge is -2.16. The van der Waals surface area contributed by atoms with Gasteiger partial charge in [0, 0.05) is 24.2 Å². The Morgan fingerprint density at radius 2 is 1.94 bits per heavy atom. The lowest BCUT2D eigenvalue weighted by molar-refractivity contribution is -0.117. The van der Waals surface area contributed by atoms with Crippen LogP contribution in [0.25, 0.3) is 11.8 Å². The Kier molecular flexibility index (Phi) is 7.36. The van der Waals surface area contributed by atoms with Crippen molar-refractivity contribution < 1.29 is 14.3 Å². The highest BCUT2D eigenvalue weighted by atomic mass is 35.5. The molecule has 1 heterocycles. The van der Waals surface area contributed by atoms with E-state index in [0.29, 0.717) is 16.5 Å². The first-order valence-electron chi connectivity index (χ1n) is 9.98. The van der Waals surface area contributed by atoms with E-state index in [0.717, 1.165) is 16.8 Å². The Bertz CT molecular complexity index is 1040. The molecular formula is C24H26ClN3O3. The summed E-state index contributed by atoms with van der Waals surface area (Å²) in [6.07, 6.45) is 8.49. The summed E-state index contributed by atoms with van der Waals surface area (Å²) in [7, 11) is 1.55. The fourth-order valence-corrected chi connectivity index (χ4v) is 3.31. The van der Waals surface area contributed by atoms with Gasteiger partial charge in [-0.2, -0.15) is 0 Å². The monoisotopic (exact) mass is 439 g/mol. The number of halogens is 1. The second-order valence-corrected chi connectivity index (χ2v) is 7.73. The van der Waals surface area contributed by atoms with Crippen LogP contribution >= 0.6 is 11.6 Å². The molecule has 0 spiro atoms. The minimum Gasteiger partial charge on any atom is -0.493 e. The topological polar surface area (TPSA) is 65.4 Å². The van der Waals surface area contributed by atoms with E-state index in [2.05, 4.69) is 10.3 Å². The largest absolute Gasteiger partial charge is 0.493 e. The van der Waals surface area contributed by atoms with E-state index in [-0.39, 0.29) is 18.1 Å². The number of carbonyl (C=O) groups is 1. The van der Waals surface area contributed by atoms with Crippen molar-refractivity contribution in [3.63, 3.8) is 0 Å². The average molecular weight is 440 g/mol. The standard InChI is InChI=1S/C24H26ClN3O3/c1-16(2)31-24-21(25)13-18(14-22(24)30-4)5-10-23(29)27-17(3)19-6-8-20(9-7-19)28-12-11-26-15-28/h5-17H,1-4H3,(H,27,29)/b10-5+. The van der Waals surface area contributed by atoms with E-state index in [1.54, 1.807) is 37.8 Å². The van der Waals surface area contributed by atoms with Gasteiger partial charge >= 0.3 is 0 Å². The fourth-order valence-electron chi connectivity index (χ4n) is 3.05. The zero-order chi connectivity index (χ0) is 22.4. The first kappa shape index (κ1) is 22.4. The van der Waals surface area contributed by atoms with Gasteiger partial charge in [-0.05, 0) is 62.2 Å². The zero-order valence-electron chi connectivity index (χ0n) is 18.0. The molecule has 31 heavy (non-hydrogen) atoms. The molecule has 0 saturated heterocycles. The normalized spacial score (nSPS) is 12.2. The lowest BCUT2D eigenvalue weighted by Crippen LogP contribution is -2.24. The molecule has 0 saturated carbocycles. The van der Waals surface area contributed by atoms with Crippen molar-refractivity contribution in [2.24, 2.45) is 0 Å². The van der Waals surface area contributed by atoms with E-state index in [1.165, 1.54) is 6.08 Å². The summed E-state index contributed by atoms with van der Waals surface area (Å²) in [6, 6.07) is 11.3. The second kappa shape index (κ2) is 10.2. The molecule has 0 aliphatic rings. The molecule has 1 aromatic heterocycles. The highest BCUT2D eigenvalue weighted by Crippen LogP contribution is 2.37. The highest BCUT2D eigenvalue weighted by molar-refractivity contribution is 6.32. The number of carbonyl (C=O) groups excluding carboxylic acids is 1. The zero-order valence-corrected chi connectivity index (χ0v) is 18.8. The molecular weight excluding hydrogens is 414 g/mol. The summed E-state index contributed by atoms with van der Waals surface area (Å²) >= 11 is 6.34. The van der Waals surface area contributed by atoms with Crippen LogP contribution in [0.1, 0.15) is 37.9 Å². The van der Waals surface area contributed by atoms with Gasteiger partial charge in [-0.15, -0.1) is 0 Å². The summed E-state index contributed by atoms with van der Waals surface area (Å²) < 4.78 is 13.0. The maximum Gasteiger partial charge on any atom is 0.244 e. The quantitative estimate of drug-likeness (QED) is 0.489. The minimum atomic E-state index is -0.205. The Labute approximate surface area is 187 Å². The van der Waals surface area contributed by atoms with Gasteiger partial charge < -0.3 is 19.4 Å². The maximum absolute atomic E-state index is 12.4. The second-order valence-electron chi connectivity index (χ2n) is 7.33. The van der Waals surface area contributed by atoms with Crippen LogP contribution in [0.15, 0.2) is 61.2 Å². The molecule has 3 rings (SSSR count). The van der Waals surface area contributed by atoms with Crippen LogP contribution in [0.2, 0.25) is 5.02 Å². The van der Waals surface area contributed by atoms with Gasteiger partial charge in [0.2, 0.25) is 5.91 Å². The summed E-state index contributed by atoms with van der Waals surface area (Å²) in [5, 5.41) is 3.40. The first-order chi connectivity index (χ1) is 14.9. The molecule has 2 aromatic carbocycles. The molecule has 0 radical (unpaired) electrons. The van der Waals surface area contributed by atoms with Crippen LogP contribution in [0.3, 0.4) is 0 Å². The Balaban J connectivity index is 1.65. The van der Waals surface area contributed by atoms with Gasteiger partial charge in [-0.3, -0.25) is 4.79 Å². The van der Waals surface area contributed by atoms with Crippen molar-refractivity contribution in [2.75, 3.05) is 7.11 Å². The number of imidazole rings is 1. The van der Waals surface area contributed by atoms with Crippen molar-refractivity contribution in [3.8, 4) is 17.2 Å². The van der Waals surface area contributed by atoms with Crippen molar-refractivity contribution in [3.05, 3.63) is 77.3 Å².